The van der Waals surface area contributed by atoms with Gasteiger partial charge in [-0.25, -0.2) is 0 Å². The van der Waals surface area contributed by atoms with E-state index in [1.807, 2.05) is 55.5 Å². The van der Waals surface area contributed by atoms with E-state index in [1.165, 1.54) is 5.56 Å². The van der Waals surface area contributed by atoms with E-state index in [2.05, 4.69) is 38.1 Å². The molecule has 0 amide bonds. The fourth-order valence-electron chi connectivity index (χ4n) is 5.34. The van der Waals surface area contributed by atoms with Crippen molar-refractivity contribution in [3.8, 4) is 11.3 Å². The summed E-state index contributed by atoms with van der Waals surface area (Å²) in [5.74, 6) is 0.853. The largest absolute Gasteiger partial charge is 0.381 e. The molecule has 3 aromatic rings. The number of rotatable bonds is 4. The highest BCUT2D eigenvalue weighted by Gasteiger charge is 2.41. The molecule has 0 unspecified atom stereocenters. The molecule has 2 heterocycles. The minimum atomic E-state index is -0.697. The van der Waals surface area contributed by atoms with Gasteiger partial charge >= 0.3 is 0 Å². The van der Waals surface area contributed by atoms with Crippen molar-refractivity contribution in [1.82, 2.24) is 9.78 Å². The van der Waals surface area contributed by atoms with Crippen LogP contribution in [0.25, 0.3) is 11.3 Å². The van der Waals surface area contributed by atoms with Crippen LogP contribution in [0.5, 0.6) is 0 Å². The number of hydrogen-bond acceptors (Lipinski definition) is 4. The van der Waals surface area contributed by atoms with Crippen molar-refractivity contribution < 1.29 is 9.63 Å². The highest BCUT2D eigenvalue weighted by molar-refractivity contribution is 6.06. The summed E-state index contributed by atoms with van der Waals surface area (Å²) in [6, 6.07) is 20.1. The minimum Gasteiger partial charge on any atom is -0.381 e. The summed E-state index contributed by atoms with van der Waals surface area (Å²) in [4.78, 5) is 19.7. The summed E-state index contributed by atoms with van der Waals surface area (Å²) < 4.78 is 1.63. The molecule has 2 aromatic carbocycles. The van der Waals surface area contributed by atoms with Gasteiger partial charge in [-0.2, -0.15) is 9.78 Å². The van der Waals surface area contributed by atoms with E-state index in [0.29, 0.717) is 17.8 Å². The summed E-state index contributed by atoms with van der Waals surface area (Å²) in [6.07, 6.45) is 1.51. The predicted octanol–water partition coefficient (Wildman–Crippen LogP) is 6.27. The minimum absolute atomic E-state index is 0.153. The van der Waals surface area contributed by atoms with Gasteiger partial charge in [0.1, 0.15) is 0 Å². The summed E-state index contributed by atoms with van der Waals surface area (Å²) in [7, 11) is 0. The fraction of sp³-hybridized carbons (Fsp3) is 0.393. The molecule has 0 N–H and O–H groups in total. The van der Waals surface area contributed by atoms with Gasteiger partial charge in [0.25, 0.3) is 5.91 Å². The van der Waals surface area contributed by atoms with E-state index < -0.39 is 6.10 Å². The van der Waals surface area contributed by atoms with E-state index in [9.17, 15) is 4.79 Å². The molecule has 5 nitrogen and oxygen atoms in total. The fourth-order valence-corrected chi connectivity index (χ4v) is 5.34. The van der Waals surface area contributed by atoms with Crippen LogP contribution in [-0.4, -0.2) is 27.5 Å². The zero-order valence-corrected chi connectivity index (χ0v) is 19.7. The lowest BCUT2D eigenvalue weighted by atomic mass is 9.75. The number of hydrogen-bond donors (Lipinski definition) is 0. The summed E-state index contributed by atoms with van der Waals surface area (Å²) in [6.45, 7) is 8.75. The van der Waals surface area contributed by atoms with Crippen LogP contribution in [0.2, 0.25) is 0 Å². The van der Waals surface area contributed by atoms with Crippen molar-refractivity contribution in [3.05, 3.63) is 77.5 Å². The van der Waals surface area contributed by atoms with Crippen LogP contribution in [0.15, 0.2) is 65.8 Å². The molecule has 5 heteroatoms. The maximum atomic E-state index is 13.9. The Kier molecular flexibility index (Phi) is 5.65. The molecule has 1 aromatic heterocycles. The van der Waals surface area contributed by atoms with Crippen molar-refractivity contribution in [2.75, 3.05) is 0 Å². The molecular weight excluding hydrogens is 410 g/mol. The Morgan fingerprint density at radius 1 is 0.970 bits per heavy atom. The number of nitrogens with zero attached hydrogens (tertiary/aromatic N) is 3. The van der Waals surface area contributed by atoms with Crippen LogP contribution in [-0.2, 0) is 4.84 Å². The molecule has 5 rings (SSSR count). The third-order valence-electron chi connectivity index (χ3n) is 7.23. The standard InChI is InChI=1S/C28H31N3O2/c1-17(2)22-16-15-18(3)23-25(22)29-31(26(23)21-13-9-6-10-14-21)28(32)27-19(4)24(30-33-27)20-11-7-5-8-12-20/h5-14,17-19,22,27H,15-16H2,1-4H3/t18-,19-,22+,27-/m1/s1. The number of fused-ring (bicyclic) bond motifs is 1. The lowest BCUT2D eigenvalue weighted by Crippen LogP contribution is -2.34. The van der Waals surface area contributed by atoms with E-state index in [1.54, 1.807) is 4.68 Å². The maximum absolute atomic E-state index is 13.9. The highest BCUT2D eigenvalue weighted by Crippen LogP contribution is 2.46. The number of carbonyl (C=O) groups is 1. The number of carbonyl (C=O) groups excluding carboxylic acids is 1. The monoisotopic (exact) mass is 441 g/mol. The van der Waals surface area contributed by atoms with E-state index in [0.717, 1.165) is 41.1 Å². The first-order chi connectivity index (χ1) is 16.0. The molecule has 1 aliphatic heterocycles. The predicted molar refractivity (Wildman–Crippen MR) is 131 cm³/mol. The van der Waals surface area contributed by atoms with Crippen LogP contribution in [0.1, 0.15) is 74.0 Å². The van der Waals surface area contributed by atoms with Gasteiger partial charge in [0.05, 0.1) is 23.0 Å². The van der Waals surface area contributed by atoms with Gasteiger partial charge in [-0.3, -0.25) is 4.79 Å². The molecule has 0 radical (unpaired) electrons. The Hall–Kier alpha value is -3.21. The van der Waals surface area contributed by atoms with Gasteiger partial charge in [-0.05, 0) is 30.2 Å². The second kappa shape index (κ2) is 8.62. The number of oxime groups is 1. The first-order valence-electron chi connectivity index (χ1n) is 12.0. The lowest BCUT2D eigenvalue weighted by molar-refractivity contribution is 0.0370. The molecular formula is C28H31N3O2. The molecule has 0 saturated heterocycles. The van der Waals surface area contributed by atoms with Crippen molar-refractivity contribution in [3.63, 3.8) is 0 Å². The first kappa shape index (κ1) is 21.6. The normalized spacial score (nSPS) is 24.3. The average molecular weight is 442 g/mol. The van der Waals surface area contributed by atoms with E-state index in [-0.39, 0.29) is 11.8 Å². The second-order valence-corrected chi connectivity index (χ2v) is 9.75. The summed E-state index contributed by atoms with van der Waals surface area (Å²) in [5, 5.41) is 9.31. The van der Waals surface area contributed by atoms with Crippen molar-refractivity contribution in [2.45, 2.75) is 58.5 Å². The van der Waals surface area contributed by atoms with Gasteiger partial charge in [0.2, 0.25) is 6.10 Å². The Morgan fingerprint density at radius 2 is 1.61 bits per heavy atom. The second-order valence-electron chi connectivity index (χ2n) is 9.75. The maximum Gasteiger partial charge on any atom is 0.292 e. The zero-order valence-electron chi connectivity index (χ0n) is 19.7. The lowest BCUT2D eigenvalue weighted by Gasteiger charge is -2.28. The molecule has 170 valence electrons. The zero-order chi connectivity index (χ0) is 23.1. The quantitative estimate of drug-likeness (QED) is 0.480. The number of benzene rings is 2. The summed E-state index contributed by atoms with van der Waals surface area (Å²) in [5.41, 5.74) is 6.01. The molecule has 4 atom stereocenters. The average Bonchev–Trinajstić information content (AvgIpc) is 3.41. The molecule has 33 heavy (non-hydrogen) atoms. The first-order valence-corrected chi connectivity index (χ1v) is 12.0. The van der Waals surface area contributed by atoms with Gasteiger partial charge in [-0.15, -0.1) is 0 Å². The van der Waals surface area contributed by atoms with Crippen molar-refractivity contribution in [2.24, 2.45) is 17.0 Å². The van der Waals surface area contributed by atoms with Gasteiger partial charge < -0.3 is 4.84 Å². The van der Waals surface area contributed by atoms with Crippen LogP contribution in [0, 0.1) is 11.8 Å². The van der Waals surface area contributed by atoms with Gasteiger partial charge in [0, 0.05) is 17.0 Å². The Morgan fingerprint density at radius 3 is 2.24 bits per heavy atom. The molecule has 0 saturated carbocycles. The smallest absolute Gasteiger partial charge is 0.292 e. The molecule has 0 spiro atoms. The highest BCUT2D eigenvalue weighted by atomic mass is 16.6. The molecule has 0 bridgehead atoms. The number of aromatic nitrogens is 2. The van der Waals surface area contributed by atoms with Crippen LogP contribution >= 0.6 is 0 Å². The van der Waals surface area contributed by atoms with Gasteiger partial charge in [0.15, 0.2) is 0 Å². The Bertz CT molecular complexity index is 1180. The van der Waals surface area contributed by atoms with Crippen molar-refractivity contribution in [1.29, 1.82) is 0 Å². The van der Waals surface area contributed by atoms with E-state index >= 15 is 0 Å². The Labute approximate surface area is 195 Å². The molecule has 0 fully saturated rings. The third-order valence-corrected chi connectivity index (χ3v) is 7.23. The summed E-state index contributed by atoms with van der Waals surface area (Å²) >= 11 is 0. The SMILES string of the molecule is CC(C)[C@@H]1CC[C@@H](C)c2c1nn(C(=O)[C@@H]1ON=C(c3ccccc3)[C@H]1C)c2-c1ccccc1. The van der Waals surface area contributed by atoms with Gasteiger partial charge in [-0.1, -0.05) is 93.5 Å². The molecule has 1 aliphatic carbocycles. The molecule has 2 aliphatic rings. The van der Waals surface area contributed by atoms with Crippen LogP contribution < -0.4 is 0 Å². The topological polar surface area (TPSA) is 56.5 Å². The van der Waals surface area contributed by atoms with Crippen molar-refractivity contribution >= 4 is 11.6 Å². The van der Waals surface area contributed by atoms with Crippen LogP contribution in [0.3, 0.4) is 0 Å². The third kappa shape index (κ3) is 3.69. The Balaban J connectivity index is 1.58. The van der Waals surface area contributed by atoms with Crippen LogP contribution in [0.4, 0.5) is 0 Å². The van der Waals surface area contributed by atoms with E-state index in [4.69, 9.17) is 9.94 Å².